The third-order valence-corrected chi connectivity index (χ3v) is 5.04. The zero-order valence-corrected chi connectivity index (χ0v) is 12.5. The van der Waals surface area contributed by atoms with Crippen LogP contribution in [0.1, 0.15) is 33.1 Å². The molecule has 0 aromatic heterocycles. The molecule has 0 N–H and O–H groups in total. The molecule has 4 atom stereocenters. The topological polar surface area (TPSA) is 9.23 Å². The predicted molar refractivity (Wildman–Crippen MR) is 76.0 cm³/mol. The van der Waals surface area contributed by atoms with Gasteiger partial charge in [-0.2, -0.15) is 12.6 Å². The van der Waals surface area contributed by atoms with Crippen molar-refractivity contribution in [3.05, 3.63) is 12.2 Å². The molecule has 0 radical (unpaired) electrons. The van der Waals surface area contributed by atoms with Gasteiger partial charge in [0.15, 0.2) is 0 Å². The molecule has 0 aromatic rings. The lowest BCUT2D eigenvalue weighted by Crippen LogP contribution is -2.42. The minimum atomic E-state index is -1.05. The molecule has 0 saturated heterocycles. The van der Waals surface area contributed by atoms with Crippen LogP contribution in [0.3, 0.4) is 0 Å². The molecule has 0 heterocycles. The van der Waals surface area contributed by atoms with Crippen molar-refractivity contribution in [1.29, 1.82) is 0 Å². The normalized spacial score (nSPS) is 38.7. The van der Waals surface area contributed by atoms with Crippen LogP contribution in [0.5, 0.6) is 0 Å². The fourth-order valence-corrected chi connectivity index (χ4v) is 4.17. The van der Waals surface area contributed by atoms with Crippen molar-refractivity contribution in [2.24, 2.45) is 5.92 Å². The first-order chi connectivity index (χ1) is 6.85. The Hall–Kier alpha value is 0.700. The highest BCUT2D eigenvalue weighted by atomic mass is 32.4. The van der Waals surface area contributed by atoms with Crippen molar-refractivity contribution < 1.29 is 4.52 Å². The van der Waals surface area contributed by atoms with Crippen LogP contribution in [-0.2, 0) is 16.3 Å². The molecule has 0 aliphatic heterocycles. The summed E-state index contributed by atoms with van der Waals surface area (Å²) < 4.78 is 5.93. The highest BCUT2D eigenvalue weighted by molar-refractivity contribution is 8.02. The molecular formula is C11H21OPS2. The smallest absolute Gasteiger partial charge is 0.0819 e. The van der Waals surface area contributed by atoms with Gasteiger partial charge in [-0.3, -0.25) is 0 Å². The molecule has 1 aliphatic rings. The van der Waals surface area contributed by atoms with Gasteiger partial charge in [-0.1, -0.05) is 24.0 Å². The average molecular weight is 264 g/mol. The minimum absolute atomic E-state index is 0.111. The van der Waals surface area contributed by atoms with Gasteiger partial charge in [-0.25, -0.2) is 0 Å². The van der Waals surface area contributed by atoms with Gasteiger partial charge in [0, 0.05) is 5.25 Å². The Labute approximate surface area is 105 Å². The summed E-state index contributed by atoms with van der Waals surface area (Å²) in [5.74, 6) is 0.613. The van der Waals surface area contributed by atoms with E-state index in [9.17, 15) is 0 Å². The van der Waals surface area contributed by atoms with E-state index in [0.717, 1.165) is 19.3 Å². The third-order valence-electron chi connectivity index (χ3n) is 3.28. The zero-order chi connectivity index (χ0) is 11.6. The Morgan fingerprint density at radius 1 is 1.67 bits per heavy atom. The Morgan fingerprint density at radius 3 is 2.67 bits per heavy atom. The minimum Gasteiger partial charge on any atom is -0.347 e. The van der Waals surface area contributed by atoms with Crippen molar-refractivity contribution in [3.63, 3.8) is 0 Å². The Morgan fingerprint density at radius 2 is 2.27 bits per heavy atom. The molecule has 15 heavy (non-hydrogen) atoms. The largest absolute Gasteiger partial charge is 0.347 e. The van der Waals surface area contributed by atoms with Crippen molar-refractivity contribution in [1.82, 2.24) is 0 Å². The second-order valence-corrected chi connectivity index (χ2v) is 8.28. The van der Waals surface area contributed by atoms with Crippen LogP contribution in [0.25, 0.3) is 0 Å². The van der Waals surface area contributed by atoms with Gasteiger partial charge in [-0.15, -0.1) is 0 Å². The van der Waals surface area contributed by atoms with E-state index < -0.39 is 6.92 Å². The number of hydrogen-bond donors (Lipinski definition) is 1. The maximum absolute atomic E-state index is 5.93. The van der Waals surface area contributed by atoms with Crippen LogP contribution < -0.4 is 0 Å². The van der Waals surface area contributed by atoms with Gasteiger partial charge in [0.05, 0.1) is 12.5 Å². The summed E-state index contributed by atoms with van der Waals surface area (Å²) in [6.45, 7) is 9.25. The van der Waals surface area contributed by atoms with Gasteiger partial charge in [0.25, 0.3) is 0 Å². The SMILES string of the molecule is C=C(C)[C@@H]1CC[C@](C)(O[PH](C)=S)[C@@H](S)C1. The van der Waals surface area contributed by atoms with E-state index >= 15 is 0 Å². The number of thiol groups is 1. The summed E-state index contributed by atoms with van der Waals surface area (Å²) >= 11 is 9.87. The molecule has 0 aromatic carbocycles. The molecular weight excluding hydrogens is 243 g/mol. The van der Waals surface area contributed by atoms with E-state index in [0.29, 0.717) is 5.92 Å². The van der Waals surface area contributed by atoms with Crippen molar-refractivity contribution in [2.75, 3.05) is 6.66 Å². The summed E-state index contributed by atoms with van der Waals surface area (Å²) in [4.78, 5) is 0. The van der Waals surface area contributed by atoms with Crippen molar-refractivity contribution in [2.45, 2.75) is 44.0 Å². The van der Waals surface area contributed by atoms with Gasteiger partial charge >= 0.3 is 0 Å². The molecule has 1 nitrogen and oxygen atoms in total. The van der Waals surface area contributed by atoms with E-state index in [4.69, 9.17) is 16.3 Å². The standard InChI is InChI=1S/C11H21OPS2/c1-8(2)9-5-6-11(3,10(14)7-9)12-13(4)15/h9-10,13-14H,1,5-7H2,2-4H3/t9-,10+,11+/m1/s1. The lowest BCUT2D eigenvalue weighted by molar-refractivity contribution is 0.0619. The van der Waals surface area contributed by atoms with Crippen LogP contribution in [0, 0.1) is 5.92 Å². The molecule has 88 valence electrons. The van der Waals surface area contributed by atoms with E-state index in [-0.39, 0.29) is 10.9 Å². The second-order valence-electron chi connectivity index (χ2n) is 4.74. The van der Waals surface area contributed by atoms with Crippen LogP contribution in [0.15, 0.2) is 12.2 Å². The fraction of sp³-hybridized carbons (Fsp3) is 0.818. The van der Waals surface area contributed by atoms with Gasteiger partial charge in [-0.05, 0) is 45.7 Å². The first-order valence-corrected chi connectivity index (χ1v) is 8.94. The monoisotopic (exact) mass is 264 g/mol. The molecule has 1 aliphatic carbocycles. The molecule has 1 saturated carbocycles. The summed E-state index contributed by atoms with van der Waals surface area (Å²) in [7, 11) is 0. The summed E-state index contributed by atoms with van der Waals surface area (Å²) in [5, 5.41) is 0.288. The maximum Gasteiger partial charge on any atom is 0.0819 e. The van der Waals surface area contributed by atoms with Crippen LogP contribution in [0.4, 0.5) is 0 Å². The molecule has 0 bridgehead atoms. The average Bonchev–Trinajstić information content (AvgIpc) is 2.08. The van der Waals surface area contributed by atoms with E-state index in [2.05, 4.69) is 33.1 Å². The van der Waals surface area contributed by atoms with E-state index in [1.54, 1.807) is 0 Å². The first-order valence-electron chi connectivity index (χ1n) is 5.38. The number of hydrogen-bond acceptors (Lipinski definition) is 3. The molecule has 1 unspecified atom stereocenters. The highest BCUT2D eigenvalue weighted by Crippen LogP contribution is 2.44. The van der Waals surface area contributed by atoms with Crippen molar-refractivity contribution >= 4 is 31.4 Å². The van der Waals surface area contributed by atoms with Gasteiger partial charge < -0.3 is 4.52 Å². The highest BCUT2D eigenvalue weighted by Gasteiger charge is 2.39. The number of rotatable bonds is 3. The van der Waals surface area contributed by atoms with Crippen LogP contribution in [0.2, 0.25) is 0 Å². The van der Waals surface area contributed by atoms with E-state index in [1.165, 1.54) is 5.57 Å². The molecule has 1 fully saturated rings. The zero-order valence-electron chi connectivity index (χ0n) is 9.75. The van der Waals surface area contributed by atoms with E-state index in [1.807, 2.05) is 6.66 Å². The summed E-state index contributed by atoms with van der Waals surface area (Å²) in [6.07, 6.45) is 3.28. The Bertz CT molecular complexity index is 280. The Balaban J connectivity index is 2.66. The fourth-order valence-electron chi connectivity index (χ4n) is 2.16. The van der Waals surface area contributed by atoms with Gasteiger partial charge in [0.1, 0.15) is 0 Å². The quantitative estimate of drug-likeness (QED) is 0.473. The number of allylic oxidation sites excluding steroid dienone is 1. The second kappa shape index (κ2) is 5.35. The third kappa shape index (κ3) is 3.59. The maximum atomic E-state index is 5.93. The first kappa shape index (κ1) is 13.8. The molecule has 0 spiro atoms. The van der Waals surface area contributed by atoms with Crippen LogP contribution in [-0.4, -0.2) is 17.5 Å². The van der Waals surface area contributed by atoms with Gasteiger partial charge in [0.2, 0.25) is 0 Å². The predicted octanol–water partition coefficient (Wildman–Crippen LogP) is 3.66. The lowest BCUT2D eigenvalue weighted by atomic mass is 9.77. The van der Waals surface area contributed by atoms with Crippen molar-refractivity contribution in [3.8, 4) is 0 Å². The summed E-state index contributed by atoms with van der Waals surface area (Å²) in [6, 6.07) is 0. The summed E-state index contributed by atoms with van der Waals surface area (Å²) in [5.41, 5.74) is 1.16. The van der Waals surface area contributed by atoms with Crippen LogP contribution >= 0.6 is 19.6 Å². The lowest BCUT2D eigenvalue weighted by Gasteiger charge is -2.42. The molecule has 1 rings (SSSR count). The molecule has 4 heteroatoms. The Kier molecular flexibility index (Phi) is 4.91. The molecule has 0 amide bonds.